The first-order chi connectivity index (χ1) is 5.18. The molecule has 2 rings (SSSR count). The van der Waals surface area contributed by atoms with Gasteiger partial charge in [-0.1, -0.05) is 15.9 Å². The maximum atomic E-state index is 11.0. The second-order valence-corrected chi connectivity index (χ2v) is 5.59. The van der Waals surface area contributed by atoms with Crippen molar-refractivity contribution in [2.45, 2.75) is 22.9 Å². The predicted octanol–water partition coefficient (Wildman–Crippen LogP) is 1.92. The normalized spacial score (nSPS) is 36.0. The number of β-lactam (4-membered cyclic amide) rings is 1. The van der Waals surface area contributed by atoms with Crippen molar-refractivity contribution < 1.29 is 4.79 Å². The molecule has 1 unspecified atom stereocenters. The van der Waals surface area contributed by atoms with E-state index in [1.807, 2.05) is 18.0 Å². The standard InChI is InChI=1S/C7H8BrNOS/c1-4-3-9-5(10)2-6(9)11-7(4)8/h3,6-7H,2H2,1H3/t6-,7?/m1/s1. The van der Waals surface area contributed by atoms with Gasteiger partial charge in [0.15, 0.2) is 0 Å². The molecule has 2 heterocycles. The van der Waals surface area contributed by atoms with Gasteiger partial charge in [0.25, 0.3) is 0 Å². The van der Waals surface area contributed by atoms with E-state index in [-0.39, 0.29) is 5.91 Å². The molecule has 1 amide bonds. The Kier molecular flexibility index (Phi) is 1.76. The van der Waals surface area contributed by atoms with Crippen molar-refractivity contribution in [2.75, 3.05) is 0 Å². The zero-order valence-corrected chi connectivity index (χ0v) is 8.48. The summed E-state index contributed by atoms with van der Waals surface area (Å²) in [5.41, 5.74) is 1.22. The molecule has 0 bridgehead atoms. The molecule has 2 aliphatic heterocycles. The fourth-order valence-electron chi connectivity index (χ4n) is 1.19. The molecule has 0 aliphatic carbocycles. The third-order valence-electron chi connectivity index (χ3n) is 1.92. The van der Waals surface area contributed by atoms with Crippen LogP contribution < -0.4 is 0 Å². The van der Waals surface area contributed by atoms with Gasteiger partial charge in [-0.2, -0.15) is 0 Å². The molecule has 0 radical (unpaired) electrons. The lowest BCUT2D eigenvalue weighted by Crippen LogP contribution is -2.49. The highest BCUT2D eigenvalue weighted by atomic mass is 79.9. The van der Waals surface area contributed by atoms with Gasteiger partial charge in [-0.25, -0.2) is 0 Å². The van der Waals surface area contributed by atoms with Crippen LogP contribution in [0.15, 0.2) is 11.8 Å². The van der Waals surface area contributed by atoms with E-state index in [2.05, 4.69) is 15.9 Å². The van der Waals surface area contributed by atoms with E-state index in [0.29, 0.717) is 16.0 Å². The molecule has 2 nitrogen and oxygen atoms in total. The maximum Gasteiger partial charge on any atom is 0.230 e. The molecule has 2 aliphatic rings. The number of amides is 1. The number of rotatable bonds is 0. The number of fused-ring (bicyclic) bond motifs is 1. The molecule has 1 fully saturated rings. The average Bonchev–Trinajstić information content (AvgIpc) is 1.97. The summed E-state index contributed by atoms with van der Waals surface area (Å²) in [6, 6.07) is 0. The van der Waals surface area contributed by atoms with Crippen LogP contribution >= 0.6 is 27.7 Å². The number of carbonyl (C=O) groups is 1. The molecule has 11 heavy (non-hydrogen) atoms. The van der Waals surface area contributed by atoms with Gasteiger partial charge >= 0.3 is 0 Å². The van der Waals surface area contributed by atoms with Crippen LogP contribution in [0.3, 0.4) is 0 Å². The van der Waals surface area contributed by atoms with Gasteiger partial charge < -0.3 is 4.90 Å². The Morgan fingerprint density at radius 1 is 1.82 bits per heavy atom. The summed E-state index contributed by atoms with van der Waals surface area (Å²) in [5, 5.41) is 0.399. The van der Waals surface area contributed by atoms with Crippen LogP contribution in [0.2, 0.25) is 0 Å². The third-order valence-corrected chi connectivity index (χ3v) is 4.61. The van der Waals surface area contributed by atoms with E-state index in [4.69, 9.17) is 0 Å². The summed E-state index contributed by atoms with van der Waals surface area (Å²) < 4.78 is 0.400. The number of nitrogens with zero attached hydrogens (tertiary/aromatic N) is 1. The Balaban J connectivity index is 2.21. The number of halogens is 1. The molecule has 2 atom stereocenters. The Morgan fingerprint density at radius 2 is 2.55 bits per heavy atom. The van der Waals surface area contributed by atoms with E-state index < -0.39 is 0 Å². The Bertz CT molecular complexity index is 241. The van der Waals surface area contributed by atoms with Crippen molar-refractivity contribution in [2.24, 2.45) is 0 Å². The second kappa shape index (κ2) is 2.52. The minimum Gasteiger partial charge on any atom is -0.306 e. The fraction of sp³-hybridized carbons (Fsp3) is 0.571. The molecule has 0 saturated carbocycles. The first-order valence-corrected chi connectivity index (χ1v) is 5.33. The molecule has 0 N–H and O–H groups in total. The second-order valence-electron chi connectivity index (χ2n) is 2.79. The van der Waals surface area contributed by atoms with E-state index in [1.165, 1.54) is 5.57 Å². The van der Waals surface area contributed by atoms with Crippen LogP contribution in [0.4, 0.5) is 0 Å². The van der Waals surface area contributed by atoms with E-state index in [9.17, 15) is 4.79 Å². The van der Waals surface area contributed by atoms with Gasteiger partial charge in [-0.3, -0.25) is 4.79 Å². The summed E-state index contributed by atoms with van der Waals surface area (Å²) >= 11 is 5.33. The summed E-state index contributed by atoms with van der Waals surface area (Å²) in [4.78, 5) is 12.8. The molecule has 0 spiro atoms. The number of alkyl halides is 1. The third kappa shape index (κ3) is 1.12. The van der Waals surface area contributed by atoms with Crippen molar-refractivity contribution in [3.05, 3.63) is 11.8 Å². The van der Waals surface area contributed by atoms with Crippen LogP contribution in [0.5, 0.6) is 0 Å². The maximum absolute atomic E-state index is 11.0. The van der Waals surface area contributed by atoms with Crippen molar-refractivity contribution in [1.29, 1.82) is 0 Å². The van der Waals surface area contributed by atoms with Gasteiger partial charge in [0.2, 0.25) is 5.91 Å². The summed E-state index contributed by atoms with van der Waals surface area (Å²) in [7, 11) is 0. The lowest BCUT2D eigenvalue weighted by atomic mass is 10.2. The number of hydrogen-bond acceptors (Lipinski definition) is 2. The molecule has 0 aromatic heterocycles. The van der Waals surface area contributed by atoms with Crippen LogP contribution in [-0.2, 0) is 4.79 Å². The monoisotopic (exact) mass is 233 g/mol. The Hall–Kier alpha value is 0.0400. The van der Waals surface area contributed by atoms with E-state index in [1.54, 1.807) is 11.8 Å². The highest BCUT2D eigenvalue weighted by molar-refractivity contribution is 9.11. The fourth-order valence-corrected chi connectivity index (χ4v) is 3.16. The van der Waals surface area contributed by atoms with Crippen molar-refractivity contribution in [1.82, 2.24) is 4.90 Å². The van der Waals surface area contributed by atoms with Crippen molar-refractivity contribution in [3.8, 4) is 0 Å². The first kappa shape index (κ1) is 7.68. The Morgan fingerprint density at radius 3 is 3.18 bits per heavy atom. The SMILES string of the molecule is CC1=CN2C(=O)C[C@H]2SC1Br. The summed E-state index contributed by atoms with van der Waals surface area (Å²) in [6.45, 7) is 2.04. The molecule has 0 aromatic carbocycles. The van der Waals surface area contributed by atoms with Crippen LogP contribution in [-0.4, -0.2) is 20.3 Å². The molecule has 60 valence electrons. The lowest BCUT2D eigenvalue weighted by molar-refractivity contribution is -0.137. The van der Waals surface area contributed by atoms with Crippen molar-refractivity contribution in [3.63, 3.8) is 0 Å². The topological polar surface area (TPSA) is 20.3 Å². The number of hydrogen-bond donors (Lipinski definition) is 0. The zero-order valence-electron chi connectivity index (χ0n) is 6.08. The molecule has 1 saturated heterocycles. The minimum absolute atomic E-state index is 0.251. The van der Waals surface area contributed by atoms with Gasteiger partial charge in [-0.15, -0.1) is 11.8 Å². The number of thioether (sulfide) groups is 1. The van der Waals surface area contributed by atoms with Gasteiger partial charge in [-0.05, 0) is 12.5 Å². The average molecular weight is 234 g/mol. The Labute approximate surface area is 78.1 Å². The number of carbonyl (C=O) groups excluding carboxylic acids is 1. The lowest BCUT2D eigenvalue weighted by Gasteiger charge is -2.42. The van der Waals surface area contributed by atoms with Crippen molar-refractivity contribution >= 4 is 33.6 Å². The molecular weight excluding hydrogens is 226 g/mol. The summed E-state index contributed by atoms with van der Waals surface area (Å²) in [5.74, 6) is 0.251. The molecular formula is C7H8BrNOS. The predicted molar refractivity (Wildman–Crippen MR) is 49.3 cm³/mol. The quantitative estimate of drug-likeness (QED) is 0.471. The smallest absolute Gasteiger partial charge is 0.230 e. The van der Waals surface area contributed by atoms with Gasteiger partial charge in [0.05, 0.1) is 16.0 Å². The van der Waals surface area contributed by atoms with Crippen LogP contribution in [0.25, 0.3) is 0 Å². The molecule has 4 heteroatoms. The van der Waals surface area contributed by atoms with E-state index >= 15 is 0 Å². The zero-order chi connectivity index (χ0) is 8.01. The highest BCUT2D eigenvalue weighted by Crippen LogP contribution is 2.42. The minimum atomic E-state index is 0.251. The summed E-state index contributed by atoms with van der Waals surface area (Å²) in [6.07, 6.45) is 2.66. The van der Waals surface area contributed by atoms with Gasteiger partial charge in [0, 0.05) is 6.20 Å². The van der Waals surface area contributed by atoms with Crippen LogP contribution in [0, 0.1) is 0 Å². The largest absolute Gasteiger partial charge is 0.306 e. The van der Waals surface area contributed by atoms with Crippen LogP contribution in [0.1, 0.15) is 13.3 Å². The first-order valence-electron chi connectivity index (χ1n) is 3.47. The highest BCUT2D eigenvalue weighted by Gasteiger charge is 2.39. The van der Waals surface area contributed by atoms with Gasteiger partial charge in [0.1, 0.15) is 0 Å². The molecule has 0 aromatic rings. The van der Waals surface area contributed by atoms with E-state index in [0.717, 1.165) is 0 Å².